The highest BCUT2D eigenvalue weighted by atomic mass is 32.1. The number of rotatable bonds is 3. The van der Waals surface area contributed by atoms with Gasteiger partial charge in [0.2, 0.25) is 0 Å². The minimum absolute atomic E-state index is 0.214. The van der Waals surface area contributed by atoms with Gasteiger partial charge in [-0.2, -0.15) is 0 Å². The molecule has 2 rings (SSSR count). The number of aryl methyl sites for hydroxylation is 1. The van der Waals surface area contributed by atoms with Crippen molar-refractivity contribution < 1.29 is 9.53 Å². The van der Waals surface area contributed by atoms with Crippen LogP contribution in [0.4, 0.5) is 0 Å². The fourth-order valence-corrected chi connectivity index (χ4v) is 3.69. The van der Waals surface area contributed by atoms with Crippen LogP contribution in [0.15, 0.2) is 0 Å². The number of hydrogen-bond acceptors (Lipinski definition) is 4. The van der Waals surface area contributed by atoms with E-state index in [0.717, 1.165) is 5.01 Å². The smallest absolute Gasteiger partial charge is 0.318 e. The molecule has 1 aliphatic carbocycles. The van der Waals surface area contributed by atoms with Crippen molar-refractivity contribution in [3.05, 3.63) is 15.6 Å². The fourth-order valence-electron chi connectivity index (χ4n) is 2.60. The number of esters is 1. The molecule has 18 heavy (non-hydrogen) atoms. The summed E-state index contributed by atoms with van der Waals surface area (Å²) in [6.45, 7) is 5.88. The Labute approximate surface area is 113 Å². The maximum absolute atomic E-state index is 11.8. The van der Waals surface area contributed by atoms with Crippen LogP contribution < -0.4 is 0 Å². The van der Waals surface area contributed by atoms with E-state index in [1.165, 1.54) is 43.4 Å². The summed E-state index contributed by atoms with van der Waals surface area (Å²) in [5, 5.41) is 0.883. The predicted octanol–water partition coefficient (Wildman–Crippen LogP) is 3.56. The maximum Gasteiger partial charge on any atom is 0.318 e. The normalized spacial score (nSPS) is 17.1. The summed E-state index contributed by atoms with van der Waals surface area (Å²) in [4.78, 5) is 17.8. The second kappa shape index (κ2) is 5.00. The summed E-state index contributed by atoms with van der Waals surface area (Å²) >= 11 is 1.64. The Hall–Kier alpha value is -0.900. The number of carbonyl (C=O) groups excluding carboxylic acids is 1. The molecule has 3 nitrogen and oxygen atoms in total. The molecule has 0 amide bonds. The van der Waals surface area contributed by atoms with Crippen molar-refractivity contribution >= 4 is 17.3 Å². The highest BCUT2D eigenvalue weighted by Gasteiger charge is 2.35. The van der Waals surface area contributed by atoms with Crippen LogP contribution in [0.5, 0.6) is 0 Å². The van der Waals surface area contributed by atoms with Gasteiger partial charge in [-0.15, -0.1) is 11.3 Å². The third kappa shape index (κ3) is 2.30. The number of aromatic nitrogens is 1. The molecule has 1 heterocycles. The number of ether oxygens (including phenoxy) is 1. The number of carbonyl (C=O) groups is 1. The topological polar surface area (TPSA) is 39.2 Å². The van der Waals surface area contributed by atoms with Crippen LogP contribution in [0, 0.1) is 6.92 Å². The SMILES string of the molecule is COC(=O)C(C)(C)c1nc(C2CCCC2)c(C)s1. The van der Waals surface area contributed by atoms with E-state index in [0.29, 0.717) is 5.92 Å². The van der Waals surface area contributed by atoms with Crippen molar-refractivity contribution in [1.82, 2.24) is 4.98 Å². The average molecular weight is 267 g/mol. The molecule has 100 valence electrons. The van der Waals surface area contributed by atoms with E-state index >= 15 is 0 Å². The van der Waals surface area contributed by atoms with Gasteiger partial charge in [-0.25, -0.2) is 4.98 Å². The lowest BCUT2D eigenvalue weighted by atomic mass is 9.94. The van der Waals surface area contributed by atoms with Crippen molar-refractivity contribution in [2.75, 3.05) is 7.11 Å². The lowest BCUT2D eigenvalue weighted by molar-refractivity contribution is -0.146. The minimum atomic E-state index is -0.638. The number of methoxy groups -OCH3 is 1. The van der Waals surface area contributed by atoms with E-state index in [4.69, 9.17) is 9.72 Å². The van der Waals surface area contributed by atoms with Gasteiger partial charge in [0.15, 0.2) is 0 Å². The van der Waals surface area contributed by atoms with Gasteiger partial charge in [0.05, 0.1) is 12.8 Å². The van der Waals surface area contributed by atoms with Gasteiger partial charge in [0, 0.05) is 10.8 Å². The molecule has 0 bridgehead atoms. The van der Waals surface area contributed by atoms with E-state index < -0.39 is 5.41 Å². The van der Waals surface area contributed by atoms with Gasteiger partial charge >= 0.3 is 5.97 Å². The largest absolute Gasteiger partial charge is 0.468 e. The van der Waals surface area contributed by atoms with Crippen LogP contribution in [-0.4, -0.2) is 18.1 Å². The summed E-state index contributed by atoms with van der Waals surface area (Å²) < 4.78 is 4.87. The quantitative estimate of drug-likeness (QED) is 0.786. The summed E-state index contributed by atoms with van der Waals surface area (Å²) in [6.07, 6.45) is 5.08. The van der Waals surface area contributed by atoms with Crippen LogP contribution in [0.1, 0.15) is 61.0 Å². The first-order valence-electron chi connectivity index (χ1n) is 6.53. The number of nitrogens with zero attached hydrogens (tertiary/aromatic N) is 1. The molecule has 0 atom stereocenters. The zero-order chi connectivity index (χ0) is 13.3. The third-order valence-electron chi connectivity index (χ3n) is 3.80. The zero-order valence-electron chi connectivity index (χ0n) is 11.6. The standard InChI is InChI=1S/C14H21NO2S/c1-9-11(10-7-5-6-8-10)15-12(18-9)14(2,3)13(16)17-4/h10H,5-8H2,1-4H3. The molecule has 1 aromatic rings. The lowest BCUT2D eigenvalue weighted by Crippen LogP contribution is -2.30. The van der Waals surface area contributed by atoms with E-state index in [1.54, 1.807) is 11.3 Å². The summed E-state index contributed by atoms with van der Waals surface area (Å²) in [6, 6.07) is 0. The predicted molar refractivity (Wildman–Crippen MR) is 73.1 cm³/mol. The molecule has 0 unspecified atom stereocenters. The van der Waals surface area contributed by atoms with Crippen molar-refractivity contribution in [1.29, 1.82) is 0 Å². The van der Waals surface area contributed by atoms with E-state index in [1.807, 2.05) is 13.8 Å². The molecule has 0 aliphatic heterocycles. The van der Waals surface area contributed by atoms with Gasteiger partial charge in [-0.05, 0) is 33.6 Å². The van der Waals surface area contributed by atoms with Crippen molar-refractivity contribution in [3.63, 3.8) is 0 Å². The van der Waals surface area contributed by atoms with Gasteiger partial charge in [-0.3, -0.25) is 4.79 Å². The van der Waals surface area contributed by atoms with Crippen LogP contribution in [0.2, 0.25) is 0 Å². The number of thiazole rings is 1. The fraction of sp³-hybridized carbons (Fsp3) is 0.714. The lowest BCUT2D eigenvalue weighted by Gasteiger charge is -2.18. The van der Waals surface area contributed by atoms with Gasteiger partial charge in [-0.1, -0.05) is 12.8 Å². The van der Waals surface area contributed by atoms with Crippen LogP contribution >= 0.6 is 11.3 Å². The third-order valence-corrected chi connectivity index (χ3v) is 5.11. The molecule has 0 N–H and O–H groups in total. The Morgan fingerprint density at radius 1 is 1.39 bits per heavy atom. The van der Waals surface area contributed by atoms with Crippen molar-refractivity contribution in [2.24, 2.45) is 0 Å². The Morgan fingerprint density at radius 3 is 2.56 bits per heavy atom. The van der Waals surface area contributed by atoms with Crippen LogP contribution in [0.25, 0.3) is 0 Å². The second-order valence-electron chi connectivity index (χ2n) is 5.56. The molecule has 1 fully saturated rings. The second-order valence-corrected chi connectivity index (χ2v) is 6.76. The molecule has 1 saturated carbocycles. The number of hydrogen-bond donors (Lipinski definition) is 0. The average Bonchev–Trinajstić information content (AvgIpc) is 2.96. The van der Waals surface area contributed by atoms with Gasteiger partial charge in [0.1, 0.15) is 10.4 Å². The molecule has 1 aliphatic rings. The van der Waals surface area contributed by atoms with Crippen LogP contribution in [-0.2, 0) is 14.9 Å². The molecule has 0 spiro atoms. The Kier molecular flexibility index (Phi) is 3.76. The van der Waals surface area contributed by atoms with Gasteiger partial charge < -0.3 is 4.74 Å². The highest BCUT2D eigenvalue weighted by molar-refractivity contribution is 7.12. The first-order valence-corrected chi connectivity index (χ1v) is 7.34. The molecule has 1 aromatic heterocycles. The van der Waals surface area contributed by atoms with E-state index in [9.17, 15) is 4.79 Å². The molecule has 0 aromatic carbocycles. The summed E-state index contributed by atoms with van der Waals surface area (Å²) in [5.74, 6) is 0.387. The molecule has 4 heteroatoms. The first-order chi connectivity index (χ1) is 8.46. The van der Waals surface area contributed by atoms with E-state index in [-0.39, 0.29) is 5.97 Å². The molecule has 0 radical (unpaired) electrons. The molecular formula is C14H21NO2S. The Balaban J connectivity index is 2.30. The van der Waals surface area contributed by atoms with Crippen LogP contribution in [0.3, 0.4) is 0 Å². The Bertz CT molecular complexity index is 445. The monoisotopic (exact) mass is 267 g/mol. The summed E-state index contributed by atoms with van der Waals surface area (Å²) in [5.41, 5.74) is 0.575. The van der Waals surface area contributed by atoms with Gasteiger partial charge in [0.25, 0.3) is 0 Å². The first kappa shape index (κ1) is 13.5. The molecular weight excluding hydrogens is 246 g/mol. The Morgan fingerprint density at radius 2 is 2.00 bits per heavy atom. The maximum atomic E-state index is 11.8. The van der Waals surface area contributed by atoms with Crippen molar-refractivity contribution in [2.45, 2.75) is 57.8 Å². The van der Waals surface area contributed by atoms with Crippen molar-refractivity contribution in [3.8, 4) is 0 Å². The molecule has 0 saturated heterocycles. The summed E-state index contributed by atoms with van der Waals surface area (Å²) in [7, 11) is 1.43. The highest BCUT2D eigenvalue weighted by Crippen LogP contribution is 2.39. The minimum Gasteiger partial charge on any atom is -0.468 e. The zero-order valence-corrected chi connectivity index (χ0v) is 12.4. The van der Waals surface area contributed by atoms with E-state index in [2.05, 4.69) is 6.92 Å².